The molecule has 1 aromatic carbocycles. The summed E-state index contributed by atoms with van der Waals surface area (Å²) in [6.45, 7) is 3.40. The third-order valence-corrected chi connectivity index (χ3v) is 1.98. The van der Waals surface area contributed by atoms with Crippen LogP contribution < -0.4 is 0 Å². The third-order valence-electron chi connectivity index (χ3n) is 1.98. The number of rotatable bonds is 7. The van der Waals surface area contributed by atoms with Crippen LogP contribution in [0, 0.1) is 0 Å². The average Bonchev–Trinajstić information content (AvgIpc) is 2.25. The van der Waals surface area contributed by atoms with E-state index in [1.54, 1.807) is 0 Å². The highest BCUT2D eigenvalue weighted by Crippen LogP contribution is 2.01. The average molecular weight is 194 g/mol. The molecule has 0 saturated carbocycles. The largest absolute Gasteiger partial charge is 0.236 e. The molecule has 0 spiro atoms. The third kappa shape index (κ3) is 5.00. The van der Waals surface area contributed by atoms with Crippen molar-refractivity contribution in [3.8, 4) is 0 Å². The molecule has 0 heterocycles. The first kappa shape index (κ1) is 11.2. The highest BCUT2D eigenvalue weighted by molar-refractivity contribution is 5.13. The molecule has 0 unspecified atom stereocenters. The van der Waals surface area contributed by atoms with Crippen molar-refractivity contribution >= 4 is 0 Å². The maximum atomic E-state index is 5.07. The Morgan fingerprint density at radius 2 is 1.79 bits per heavy atom. The lowest BCUT2D eigenvalue weighted by atomic mass is 10.2. The summed E-state index contributed by atoms with van der Waals surface area (Å²) in [5, 5.41) is 0. The molecular formula is C12H18O2. The predicted molar refractivity (Wildman–Crippen MR) is 56.7 cm³/mol. The molecule has 0 fully saturated rings. The molecule has 0 aliphatic heterocycles. The van der Waals surface area contributed by atoms with Gasteiger partial charge >= 0.3 is 0 Å². The van der Waals surface area contributed by atoms with Crippen molar-refractivity contribution in [2.24, 2.45) is 0 Å². The summed E-state index contributed by atoms with van der Waals surface area (Å²) < 4.78 is 0. The zero-order chi connectivity index (χ0) is 10.1. The fraction of sp³-hybridized carbons (Fsp3) is 0.500. The molecule has 0 aliphatic rings. The Bertz CT molecular complexity index is 221. The first-order valence-electron chi connectivity index (χ1n) is 5.22. The molecule has 0 amide bonds. The molecule has 78 valence electrons. The molecule has 0 saturated heterocycles. The quantitative estimate of drug-likeness (QED) is 0.376. The normalized spacial score (nSPS) is 10.4. The summed E-state index contributed by atoms with van der Waals surface area (Å²) in [6, 6.07) is 10.0. The lowest BCUT2D eigenvalue weighted by molar-refractivity contribution is -0.304. The second-order valence-corrected chi connectivity index (χ2v) is 3.28. The predicted octanol–water partition coefficient (Wildman–Crippen LogP) is 3.33. The zero-order valence-corrected chi connectivity index (χ0v) is 8.74. The van der Waals surface area contributed by atoms with E-state index in [2.05, 4.69) is 6.92 Å². The molecule has 0 bridgehead atoms. The van der Waals surface area contributed by atoms with Gasteiger partial charge in [-0.2, -0.15) is 0 Å². The molecule has 0 radical (unpaired) electrons. The topological polar surface area (TPSA) is 18.5 Å². The Balaban J connectivity index is 1.99. The van der Waals surface area contributed by atoms with Crippen LogP contribution in [0.15, 0.2) is 30.3 Å². The standard InChI is InChI=1S/C12H18O2/c1-2-3-7-10-13-14-11-12-8-5-4-6-9-12/h4-6,8-9H,2-3,7,10-11H2,1H3. The van der Waals surface area contributed by atoms with Gasteiger partial charge in [0.1, 0.15) is 6.61 Å². The molecule has 1 aromatic rings. The van der Waals surface area contributed by atoms with Gasteiger partial charge in [0.2, 0.25) is 0 Å². The minimum atomic E-state index is 0.535. The van der Waals surface area contributed by atoms with E-state index in [0.29, 0.717) is 13.2 Å². The minimum Gasteiger partial charge on any atom is -0.236 e. The molecule has 2 heteroatoms. The van der Waals surface area contributed by atoms with Crippen molar-refractivity contribution < 1.29 is 9.78 Å². The van der Waals surface area contributed by atoms with Crippen LogP contribution in [0.25, 0.3) is 0 Å². The van der Waals surface area contributed by atoms with Crippen LogP contribution in [-0.2, 0) is 16.4 Å². The second-order valence-electron chi connectivity index (χ2n) is 3.28. The van der Waals surface area contributed by atoms with E-state index in [1.165, 1.54) is 12.8 Å². The summed E-state index contributed by atoms with van der Waals surface area (Å²) in [7, 11) is 0. The van der Waals surface area contributed by atoms with Crippen LogP contribution in [0.3, 0.4) is 0 Å². The SMILES string of the molecule is CCCCCOOCc1ccccc1. The molecule has 1 rings (SSSR count). The van der Waals surface area contributed by atoms with E-state index >= 15 is 0 Å². The monoisotopic (exact) mass is 194 g/mol. The number of unbranched alkanes of at least 4 members (excludes halogenated alkanes) is 2. The van der Waals surface area contributed by atoms with Crippen LogP contribution in [-0.4, -0.2) is 6.61 Å². The molecule has 2 nitrogen and oxygen atoms in total. The van der Waals surface area contributed by atoms with Crippen molar-refractivity contribution in [2.75, 3.05) is 6.61 Å². The fourth-order valence-corrected chi connectivity index (χ4v) is 1.15. The highest BCUT2D eigenvalue weighted by Gasteiger charge is 1.92. The molecular weight excluding hydrogens is 176 g/mol. The Morgan fingerprint density at radius 3 is 2.50 bits per heavy atom. The first-order chi connectivity index (χ1) is 6.93. The van der Waals surface area contributed by atoms with Gasteiger partial charge in [-0.3, -0.25) is 0 Å². The van der Waals surface area contributed by atoms with E-state index in [9.17, 15) is 0 Å². The van der Waals surface area contributed by atoms with Crippen molar-refractivity contribution in [1.82, 2.24) is 0 Å². The van der Waals surface area contributed by atoms with Crippen molar-refractivity contribution in [3.63, 3.8) is 0 Å². The Kier molecular flexibility index (Phi) is 6.04. The smallest absolute Gasteiger partial charge is 0.107 e. The van der Waals surface area contributed by atoms with Gasteiger partial charge in [0.05, 0.1) is 6.61 Å². The summed E-state index contributed by atoms with van der Waals surface area (Å²) in [6.07, 6.45) is 3.49. The first-order valence-corrected chi connectivity index (χ1v) is 5.22. The second kappa shape index (κ2) is 7.54. The van der Waals surface area contributed by atoms with Gasteiger partial charge in [-0.05, 0) is 12.0 Å². The van der Waals surface area contributed by atoms with Crippen molar-refractivity contribution in [1.29, 1.82) is 0 Å². The summed E-state index contributed by atoms with van der Waals surface area (Å²) in [4.78, 5) is 10.1. The van der Waals surface area contributed by atoms with Crippen LogP contribution in [0.5, 0.6) is 0 Å². The number of hydrogen-bond donors (Lipinski definition) is 0. The van der Waals surface area contributed by atoms with E-state index in [-0.39, 0.29) is 0 Å². The van der Waals surface area contributed by atoms with Gasteiger partial charge in [0.15, 0.2) is 0 Å². The molecule has 0 aliphatic carbocycles. The molecule has 14 heavy (non-hydrogen) atoms. The van der Waals surface area contributed by atoms with Crippen LogP contribution in [0.2, 0.25) is 0 Å². The maximum Gasteiger partial charge on any atom is 0.107 e. The van der Waals surface area contributed by atoms with E-state index < -0.39 is 0 Å². The van der Waals surface area contributed by atoms with E-state index in [1.807, 2.05) is 30.3 Å². The zero-order valence-electron chi connectivity index (χ0n) is 8.74. The summed E-state index contributed by atoms with van der Waals surface area (Å²) in [5.41, 5.74) is 1.14. The Labute approximate surface area is 85.8 Å². The van der Waals surface area contributed by atoms with Crippen molar-refractivity contribution in [3.05, 3.63) is 35.9 Å². The fourth-order valence-electron chi connectivity index (χ4n) is 1.15. The van der Waals surface area contributed by atoms with Gasteiger partial charge in [0, 0.05) is 0 Å². The van der Waals surface area contributed by atoms with Crippen LogP contribution in [0.4, 0.5) is 0 Å². The van der Waals surface area contributed by atoms with Gasteiger partial charge in [-0.25, -0.2) is 9.78 Å². The lowest BCUT2D eigenvalue weighted by Crippen LogP contribution is -1.97. The van der Waals surface area contributed by atoms with E-state index in [0.717, 1.165) is 12.0 Å². The molecule has 0 aromatic heterocycles. The summed E-state index contributed by atoms with van der Waals surface area (Å²) >= 11 is 0. The Hall–Kier alpha value is -0.860. The number of hydrogen-bond acceptors (Lipinski definition) is 2. The van der Waals surface area contributed by atoms with Gasteiger partial charge in [0.25, 0.3) is 0 Å². The van der Waals surface area contributed by atoms with Gasteiger partial charge in [-0.1, -0.05) is 50.1 Å². The van der Waals surface area contributed by atoms with Gasteiger partial charge < -0.3 is 0 Å². The molecule has 0 N–H and O–H groups in total. The van der Waals surface area contributed by atoms with E-state index in [4.69, 9.17) is 9.78 Å². The summed E-state index contributed by atoms with van der Waals surface area (Å²) in [5.74, 6) is 0. The maximum absolute atomic E-state index is 5.07. The van der Waals surface area contributed by atoms with Crippen molar-refractivity contribution in [2.45, 2.75) is 32.8 Å². The minimum absolute atomic E-state index is 0.535. The van der Waals surface area contributed by atoms with Crippen LogP contribution >= 0.6 is 0 Å². The van der Waals surface area contributed by atoms with Crippen LogP contribution in [0.1, 0.15) is 31.7 Å². The number of benzene rings is 1. The van der Waals surface area contributed by atoms with Gasteiger partial charge in [-0.15, -0.1) is 0 Å². The highest BCUT2D eigenvalue weighted by atomic mass is 17.2. The molecule has 0 atom stereocenters. The Morgan fingerprint density at radius 1 is 1.00 bits per heavy atom. The lowest BCUT2D eigenvalue weighted by Gasteiger charge is -2.03.